The van der Waals surface area contributed by atoms with Crippen LogP contribution in [-0.2, 0) is 4.74 Å². The van der Waals surface area contributed by atoms with E-state index < -0.39 is 0 Å². The highest BCUT2D eigenvalue weighted by molar-refractivity contribution is 4.78. The van der Waals surface area contributed by atoms with Gasteiger partial charge in [0.25, 0.3) is 0 Å². The highest BCUT2D eigenvalue weighted by Crippen LogP contribution is 1.98. The summed E-state index contributed by atoms with van der Waals surface area (Å²) < 4.78 is 5.47. The Labute approximate surface area is 87.7 Å². The molecule has 0 saturated heterocycles. The average Bonchev–Trinajstić information content (AvgIpc) is 2.09. The van der Waals surface area contributed by atoms with Crippen LogP contribution in [0.1, 0.15) is 27.7 Å². The van der Waals surface area contributed by atoms with Crippen LogP contribution in [0.3, 0.4) is 0 Å². The first-order valence-electron chi connectivity index (χ1n) is 5.26. The van der Waals surface area contributed by atoms with Gasteiger partial charge in [-0.15, -0.1) is 0 Å². The third-order valence-corrected chi connectivity index (χ3v) is 1.98. The molecule has 3 nitrogen and oxygen atoms in total. The molecule has 0 aliphatic heterocycles. The van der Waals surface area contributed by atoms with Gasteiger partial charge in [-0.3, -0.25) is 4.90 Å². The monoisotopic (exact) mass is 198 g/mol. The van der Waals surface area contributed by atoms with Gasteiger partial charge in [0.2, 0.25) is 0 Å². The van der Waals surface area contributed by atoms with E-state index in [2.05, 4.69) is 38.7 Å². The van der Waals surface area contributed by atoms with Gasteiger partial charge in [0.15, 0.2) is 0 Å². The van der Waals surface area contributed by atoms with Crippen molar-refractivity contribution in [1.29, 1.82) is 5.26 Å². The summed E-state index contributed by atoms with van der Waals surface area (Å²) in [5.74, 6) is 0.582. The quantitative estimate of drug-likeness (QED) is 0.463. The van der Waals surface area contributed by atoms with E-state index in [-0.39, 0.29) is 0 Å². The molecule has 0 spiro atoms. The molecule has 0 saturated carbocycles. The van der Waals surface area contributed by atoms with Crippen molar-refractivity contribution in [3.8, 4) is 6.07 Å². The molecule has 0 bridgehead atoms. The highest BCUT2D eigenvalue weighted by atomic mass is 16.5. The predicted octanol–water partition coefficient (Wildman–Crippen LogP) is 1.89. The van der Waals surface area contributed by atoms with Gasteiger partial charge in [0.05, 0.1) is 19.2 Å². The molecule has 0 atom stereocenters. The minimum absolute atomic E-state index is 0.414. The number of hydrogen-bond donors (Lipinski definition) is 0. The molecule has 14 heavy (non-hydrogen) atoms. The molecule has 0 rings (SSSR count). The van der Waals surface area contributed by atoms with Crippen LogP contribution in [0, 0.1) is 17.2 Å². The van der Waals surface area contributed by atoms with E-state index in [4.69, 9.17) is 10.00 Å². The van der Waals surface area contributed by atoms with Gasteiger partial charge in [-0.1, -0.05) is 13.8 Å². The lowest BCUT2D eigenvalue weighted by atomic mass is 10.2. The first kappa shape index (κ1) is 13.4. The van der Waals surface area contributed by atoms with Crippen molar-refractivity contribution in [3.63, 3.8) is 0 Å². The molecule has 0 N–H and O–H groups in total. The fourth-order valence-corrected chi connectivity index (χ4v) is 1.11. The molecule has 82 valence electrons. The largest absolute Gasteiger partial charge is 0.380 e. The Morgan fingerprint density at radius 1 is 1.29 bits per heavy atom. The number of rotatable bonds is 7. The van der Waals surface area contributed by atoms with Crippen LogP contribution in [0.25, 0.3) is 0 Å². The van der Waals surface area contributed by atoms with Crippen molar-refractivity contribution in [2.45, 2.75) is 33.7 Å². The Kier molecular flexibility index (Phi) is 7.45. The second-order valence-corrected chi connectivity index (χ2v) is 4.19. The molecular weight excluding hydrogens is 176 g/mol. The van der Waals surface area contributed by atoms with Crippen LogP contribution in [0.2, 0.25) is 0 Å². The summed E-state index contributed by atoms with van der Waals surface area (Å²) in [5, 5.41) is 8.60. The second-order valence-electron chi connectivity index (χ2n) is 4.19. The van der Waals surface area contributed by atoms with Crippen molar-refractivity contribution >= 4 is 0 Å². The van der Waals surface area contributed by atoms with E-state index in [1.54, 1.807) is 0 Å². The van der Waals surface area contributed by atoms with Crippen molar-refractivity contribution in [2.75, 3.05) is 26.3 Å². The smallest absolute Gasteiger partial charge is 0.0868 e. The molecule has 0 radical (unpaired) electrons. The Hall–Kier alpha value is -0.590. The fourth-order valence-electron chi connectivity index (χ4n) is 1.11. The van der Waals surface area contributed by atoms with Gasteiger partial charge in [0, 0.05) is 19.2 Å². The third kappa shape index (κ3) is 6.88. The number of ether oxygens (including phenoxy) is 1. The van der Waals surface area contributed by atoms with E-state index in [9.17, 15) is 0 Å². The molecule has 0 aliphatic rings. The first-order chi connectivity index (χ1) is 6.57. The maximum Gasteiger partial charge on any atom is 0.0868 e. The van der Waals surface area contributed by atoms with E-state index in [1.807, 2.05) is 0 Å². The summed E-state index contributed by atoms with van der Waals surface area (Å²) in [6.45, 7) is 11.3. The maximum atomic E-state index is 8.60. The van der Waals surface area contributed by atoms with Crippen LogP contribution < -0.4 is 0 Å². The van der Waals surface area contributed by atoms with Gasteiger partial charge >= 0.3 is 0 Å². The Balaban J connectivity index is 3.57. The molecule has 0 aromatic carbocycles. The van der Waals surface area contributed by atoms with Crippen LogP contribution in [0.5, 0.6) is 0 Å². The highest BCUT2D eigenvalue weighted by Gasteiger charge is 2.07. The van der Waals surface area contributed by atoms with Crippen molar-refractivity contribution < 1.29 is 4.74 Å². The molecule has 3 heteroatoms. The number of hydrogen-bond acceptors (Lipinski definition) is 3. The zero-order chi connectivity index (χ0) is 11.0. The molecule has 0 aromatic heterocycles. The Morgan fingerprint density at radius 3 is 2.36 bits per heavy atom. The first-order valence-corrected chi connectivity index (χ1v) is 5.26. The minimum atomic E-state index is 0.414. The molecule has 0 fully saturated rings. The van der Waals surface area contributed by atoms with Crippen LogP contribution >= 0.6 is 0 Å². The topological polar surface area (TPSA) is 36.3 Å². The third-order valence-electron chi connectivity index (χ3n) is 1.98. The van der Waals surface area contributed by atoms with Gasteiger partial charge in [-0.05, 0) is 19.8 Å². The van der Waals surface area contributed by atoms with Gasteiger partial charge in [0.1, 0.15) is 0 Å². The van der Waals surface area contributed by atoms with Gasteiger partial charge in [-0.25, -0.2) is 0 Å². The van der Waals surface area contributed by atoms with E-state index in [1.165, 1.54) is 0 Å². The zero-order valence-electron chi connectivity index (χ0n) is 9.79. The minimum Gasteiger partial charge on any atom is -0.380 e. The second kappa shape index (κ2) is 7.78. The molecule has 0 aromatic rings. The SMILES string of the molecule is CC(C)COCCN(CC#N)C(C)C. The van der Waals surface area contributed by atoms with Crippen LogP contribution in [0.15, 0.2) is 0 Å². The maximum absolute atomic E-state index is 8.60. The zero-order valence-corrected chi connectivity index (χ0v) is 9.79. The van der Waals surface area contributed by atoms with Crippen molar-refractivity contribution in [2.24, 2.45) is 5.92 Å². The predicted molar refractivity (Wildman–Crippen MR) is 58.0 cm³/mol. The standard InChI is InChI=1S/C11H22N2O/c1-10(2)9-14-8-7-13(6-5-12)11(3)4/h10-11H,6-9H2,1-4H3. The average molecular weight is 198 g/mol. The Morgan fingerprint density at radius 2 is 1.93 bits per heavy atom. The summed E-state index contributed by atoms with van der Waals surface area (Å²) >= 11 is 0. The van der Waals surface area contributed by atoms with Crippen molar-refractivity contribution in [1.82, 2.24) is 4.90 Å². The summed E-state index contributed by atoms with van der Waals surface area (Å²) in [6.07, 6.45) is 0. The molecule has 0 unspecified atom stereocenters. The summed E-state index contributed by atoms with van der Waals surface area (Å²) in [7, 11) is 0. The lowest BCUT2D eigenvalue weighted by molar-refractivity contribution is 0.0811. The lowest BCUT2D eigenvalue weighted by Crippen LogP contribution is -2.34. The van der Waals surface area contributed by atoms with Crippen LogP contribution in [0.4, 0.5) is 0 Å². The van der Waals surface area contributed by atoms with E-state index in [0.717, 1.165) is 19.8 Å². The summed E-state index contributed by atoms with van der Waals surface area (Å²) in [5.41, 5.74) is 0. The number of nitriles is 1. The molecule has 0 heterocycles. The van der Waals surface area contributed by atoms with E-state index in [0.29, 0.717) is 18.5 Å². The normalized spacial score (nSPS) is 11.3. The molecular formula is C11H22N2O. The van der Waals surface area contributed by atoms with Crippen LogP contribution in [-0.4, -0.2) is 37.2 Å². The lowest BCUT2D eigenvalue weighted by Gasteiger charge is -2.23. The van der Waals surface area contributed by atoms with Gasteiger partial charge < -0.3 is 4.74 Å². The van der Waals surface area contributed by atoms with E-state index >= 15 is 0 Å². The summed E-state index contributed by atoms with van der Waals surface area (Å²) in [4.78, 5) is 2.11. The number of nitrogens with zero attached hydrogens (tertiary/aromatic N) is 2. The molecule has 0 aliphatic carbocycles. The van der Waals surface area contributed by atoms with Gasteiger partial charge in [-0.2, -0.15) is 5.26 Å². The Bertz CT molecular complexity index is 173. The fraction of sp³-hybridized carbons (Fsp3) is 0.909. The van der Waals surface area contributed by atoms with Crippen molar-refractivity contribution in [3.05, 3.63) is 0 Å². The summed E-state index contributed by atoms with van der Waals surface area (Å²) in [6, 6.07) is 2.58. The molecule has 0 amide bonds.